The molecule has 4 nitrogen and oxygen atoms in total. The van der Waals surface area contributed by atoms with Gasteiger partial charge in [0.25, 0.3) is 5.89 Å². The normalized spacial score (nSPS) is 16.2. The van der Waals surface area contributed by atoms with E-state index in [1.54, 1.807) is 0 Å². The van der Waals surface area contributed by atoms with Gasteiger partial charge in [0.2, 0.25) is 5.82 Å². The Morgan fingerprint density at radius 2 is 1.92 bits per heavy atom. The summed E-state index contributed by atoms with van der Waals surface area (Å²) in [4.78, 5) is 4.63. The van der Waals surface area contributed by atoms with E-state index in [2.05, 4.69) is 35.3 Å². The first kappa shape index (κ1) is 15.9. The highest BCUT2D eigenvalue weighted by atomic mass is 16.5. The molecule has 128 valence electrons. The van der Waals surface area contributed by atoms with Crippen molar-refractivity contribution in [3.05, 3.63) is 53.6 Å². The zero-order valence-corrected chi connectivity index (χ0v) is 14.8. The van der Waals surface area contributed by atoms with Crippen molar-refractivity contribution in [1.29, 1.82) is 0 Å². The zero-order valence-electron chi connectivity index (χ0n) is 14.8. The van der Waals surface area contributed by atoms with Crippen LogP contribution in [-0.4, -0.2) is 16.2 Å². The Morgan fingerprint density at radius 3 is 2.68 bits per heavy atom. The summed E-state index contributed by atoms with van der Waals surface area (Å²) in [6.07, 6.45) is 2.43. The first-order chi connectivity index (χ1) is 12.1. The second kappa shape index (κ2) is 6.36. The van der Waals surface area contributed by atoms with Gasteiger partial charge in [0.05, 0.1) is 6.10 Å². The van der Waals surface area contributed by atoms with Gasteiger partial charge in [-0.1, -0.05) is 30.3 Å². The van der Waals surface area contributed by atoms with E-state index in [4.69, 9.17) is 9.26 Å². The van der Waals surface area contributed by atoms with Crippen molar-refractivity contribution < 1.29 is 9.26 Å². The smallest absolute Gasteiger partial charge is 0.258 e. The maximum atomic E-state index is 5.67. The van der Waals surface area contributed by atoms with Crippen LogP contribution in [0.15, 0.2) is 47.0 Å². The third-order valence-corrected chi connectivity index (χ3v) is 4.71. The van der Waals surface area contributed by atoms with Gasteiger partial charge in [-0.2, -0.15) is 4.98 Å². The summed E-state index contributed by atoms with van der Waals surface area (Å²) in [6.45, 7) is 6.30. The van der Waals surface area contributed by atoms with Crippen LogP contribution in [0, 0.1) is 0 Å². The lowest BCUT2D eigenvalue weighted by molar-refractivity contribution is 0.242. The second-order valence-electron chi connectivity index (χ2n) is 6.93. The SMILES string of the molecule is CC(C)Oc1ccc(-c2nc(-c3cccc4c3CC[C@H]4C)no2)cc1. The molecule has 0 saturated carbocycles. The van der Waals surface area contributed by atoms with Gasteiger partial charge in [0.15, 0.2) is 0 Å². The van der Waals surface area contributed by atoms with Gasteiger partial charge in [-0.25, -0.2) is 0 Å². The Hall–Kier alpha value is -2.62. The van der Waals surface area contributed by atoms with Gasteiger partial charge >= 0.3 is 0 Å². The van der Waals surface area contributed by atoms with Gasteiger partial charge in [0, 0.05) is 11.1 Å². The summed E-state index contributed by atoms with van der Waals surface area (Å²) in [6, 6.07) is 14.2. The molecule has 1 heterocycles. The molecule has 0 radical (unpaired) electrons. The molecule has 0 aliphatic heterocycles. The van der Waals surface area contributed by atoms with E-state index in [1.807, 2.05) is 38.1 Å². The molecule has 3 aromatic rings. The predicted molar refractivity (Wildman–Crippen MR) is 97.7 cm³/mol. The van der Waals surface area contributed by atoms with Crippen molar-refractivity contribution in [3.63, 3.8) is 0 Å². The summed E-state index contributed by atoms with van der Waals surface area (Å²) in [5.41, 5.74) is 4.77. The fourth-order valence-electron chi connectivity index (χ4n) is 3.47. The highest BCUT2D eigenvalue weighted by Gasteiger charge is 2.23. The number of aromatic nitrogens is 2. The minimum atomic E-state index is 0.156. The third kappa shape index (κ3) is 3.04. The van der Waals surface area contributed by atoms with E-state index in [0.717, 1.165) is 23.3 Å². The molecule has 0 spiro atoms. The van der Waals surface area contributed by atoms with Crippen LogP contribution in [0.25, 0.3) is 22.8 Å². The topological polar surface area (TPSA) is 48.2 Å². The molecule has 0 unspecified atom stereocenters. The molecule has 0 fully saturated rings. The average molecular weight is 334 g/mol. The van der Waals surface area contributed by atoms with Crippen molar-refractivity contribution in [2.45, 2.75) is 45.6 Å². The Balaban J connectivity index is 1.63. The quantitative estimate of drug-likeness (QED) is 0.654. The van der Waals surface area contributed by atoms with Crippen molar-refractivity contribution >= 4 is 0 Å². The summed E-state index contributed by atoms with van der Waals surface area (Å²) in [7, 11) is 0. The standard InChI is InChI=1S/C21H22N2O2/c1-13(2)24-16-10-8-15(9-11-16)21-22-20(23-25-21)19-6-4-5-17-14(3)7-12-18(17)19/h4-6,8-11,13-14H,7,12H2,1-3H3/t14-/m1/s1. The van der Waals surface area contributed by atoms with Crippen LogP contribution in [0.4, 0.5) is 0 Å². The lowest BCUT2D eigenvalue weighted by Gasteiger charge is -2.09. The molecule has 0 saturated heterocycles. The number of fused-ring (bicyclic) bond motifs is 1. The molecule has 1 aromatic heterocycles. The molecule has 0 amide bonds. The first-order valence-electron chi connectivity index (χ1n) is 8.85. The van der Waals surface area contributed by atoms with E-state index < -0.39 is 0 Å². The number of hydrogen-bond donors (Lipinski definition) is 0. The van der Waals surface area contributed by atoms with Gasteiger partial charge < -0.3 is 9.26 Å². The summed E-state index contributed by atoms with van der Waals surface area (Å²) >= 11 is 0. The molecule has 4 heteroatoms. The monoisotopic (exact) mass is 334 g/mol. The number of hydrogen-bond acceptors (Lipinski definition) is 4. The summed E-state index contributed by atoms with van der Waals surface area (Å²) in [5, 5.41) is 4.22. The molecule has 1 aliphatic carbocycles. The van der Waals surface area contributed by atoms with E-state index in [1.165, 1.54) is 17.5 Å². The highest BCUT2D eigenvalue weighted by Crippen LogP contribution is 2.38. The minimum absolute atomic E-state index is 0.156. The highest BCUT2D eigenvalue weighted by molar-refractivity contribution is 5.66. The summed E-state index contributed by atoms with van der Waals surface area (Å²) in [5.74, 6) is 2.65. The number of nitrogens with zero attached hydrogens (tertiary/aromatic N) is 2. The molecule has 0 N–H and O–H groups in total. The molecule has 1 aliphatic rings. The number of benzene rings is 2. The number of ether oxygens (including phenoxy) is 1. The van der Waals surface area contributed by atoms with Crippen LogP contribution in [0.2, 0.25) is 0 Å². The van der Waals surface area contributed by atoms with Crippen LogP contribution in [-0.2, 0) is 6.42 Å². The van der Waals surface area contributed by atoms with Crippen molar-refractivity contribution in [1.82, 2.24) is 10.1 Å². The van der Waals surface area contributed by atoms with Crippen LogP contribution in [0.3, 0.4) is 0 Å². The Bertz CT molecular complexity index is 881. The molecule has 0 bridgehead atoms. The zero-order chi connectivity index (χ0) is 17.4. The number of rotatable bonds is 4. The maximum Gasteiger partial charge on any atom is 0.258 e. The van der Waals surface area contributed by atoms with Crippen molar-refractivity contribution in [2.75, 3.05) is 0 Å². The lowest BCUT2D eigenvalue weighted by Crippen LogP contribution is -2.05. The molecular formula is C21H22N2O2. The molecule has 1 atom stereocenters. The van der Waals surface area contributed by atoms with Gasteiger partial charge in [-0.3, -0.25) is 0 Å². The third-order valence-electron chi connectivity index (χ3n) is 4.71. The van der Waals surface area contributed by atoms with Crippen LogP contribution in [0.1, 0.15) is 44.2 Å². The fourth-order valence-corrected chi connectivity index (χ4v) is 3.47. The van der Waals surface area contributed by atoms with Crippen LogP contribution < -0.4 is 4.74 Å². The van der Waals surface area contributed by atoms with Gasteiger partial charge in [-0.15, -0.1) is 0 Å². The first-order valence-corrected chi connectivity index (χ1v) is 8.85. The predicted octanol–water partition coefficient (Wildman–Crippen LogP) is 5.24. The van der Waals surface area contributed by atoms with Crippen molar-refractivity contribution in [3.8, 4) is 28.6 Å². The minimum Gasteiger partial charge on any atom is -0.491 e. The van der Waals surface area contributed by atoms with E-state index in [0.29, 0.717) is 17.6 Å². The van der Waals surface area contributed by atoms with E-state index in [9.17, 15) is 0 Å². The Labute approximate surface area is 147 Å². The largest absolute Gasteiger partial charge is 0.491 e. The van der Waals surface area contributed by atoms with Crippen LogP contribution >= 0.6 is 0 Å². The Kier molecular flexibility index (Phi) is 4.04. The molecule has 2 aromatic carbocycles. The fraction of sp³-hybridized carbons (Fsp3) is 0.333. The van der Waals surface area contributed by atoms with Crippen molar-refractivity contribution in [2.24, 2.45) is 0 Å². The maximum absolute atomic E-state index is 5.67. The molecule has 25 heavy (non-hydrogen) atoms. The lowest BCUT2D eigenvalue weighted by atomic mass is 9.99. The van der Waals surface area contributed by atoms with E-state index >= 15 is 0 Å². The molecule has 4 rings (SSSR count). The van der Waals surface area contributed by atoms with E-state index in [-0.39, 0.29) is 6.10 Å². The Morgan fingerprint density at radius 1 is 1.12 bits per heavy atom. The van der Waals surface area contributed by atoms with Gasteiger partial charge in [0.1, 0.15) is 5.75 Å². The average Bonchev–Trinajstić information content (AvgIpc) is 3.23. The van der Waals surface area contributed by atoms with Gasteiger partial charge in [-0.05, 0) is 68.0 Å². The summed E-state index contributed by atoms with van der Waals surface area (Å²) < 4.78 is 11.2. The second-order valence-corrected chi connectivity index (χ2v) is 6.93. The van der Waals surface area contributed by atoms with Crippen LogP contribution in [0.5, 0.6) is 5.75 Å². The molecular weight excluding hydrogens is 312 g/mol.